The van der Waals surface area contributed by atoms with Crippen molar-refractivity contribution in [2.45, 2.75) is 50.2 Å². The molecule has 0 radical (unpaired) electrons. The van der Waals surface area contributed by atoms with Crippen molar-refractivity contribution in [3.8, 4) is 5.69 Å². The number of nitrogens with zero attached hydrogens (tertiary/aromatic N) is 3. The van der Waals surface area contributed by atoms with Crippen LogP contribution in [0.5, 0.6) is 0 Å². The van der Waals surface area contributed by atoms with Crippen LogP contribution in [0.15, 0.2) is 65.8 Å². The molecule has 1 aromatic heterocycles. The van der Waals surface area contributed by atoms with Crippen LogP contribution < -0.4 is 5.32 Å². The largest absolute Gasteiger partial charge is 0.348 e. The van der Waals surface area contributed by atoms with Crippen LogP contribution in [0, 0.1) is 23.2 Å². The Morgan fingerprint density at radius 3 is 2.11 bits per heavy atom. The monoisotopic (exact) mass is 486 g/mol. The third-order valence-corrected chi connectivity index (χ3v) is 9.00. The second-order valence-corrected chi connectivity index (χ2v) is 11.5. The number of Topliss-reactive ketones (excluding diaryl/α,β-unsaturated/α-hetero) is 1. The predicted molar refractivity (Wildman–Crippen MR) is 135 cm³/mol. The normalized spacial score (nSPS) is 26.6. The van der Waals surface area contributed by atoms with Gasteiger partial charge in [0.1, 0.15) is 0 Å². The molecule has 4 saturated carbocycles. The first kappa shape index (κ1) is 22.5. The minimum atomic E-state index is -0.188. The Labute approximate surface area is 209 Å². The van der Waals surface area contributed by atoms with E-state index in [0.29, 0.717) is 23.1 Å². The number of hydrogen-bond donors (Lipinski definition) is 1. The highest BCUT2D eigenvalue weighted by molar-refractivity contribution is 7.99. The highest BCUT2D eigenvalue weighted by Crippen LogP contribution is 2.60. The molecule has 7 rings (SSSR count). The summed E-state index contributed by atoms with van der Waals surface area (Å²) >= 11 is 1.37. The van der Waals surface area contributed by atoms with Gasteiger partial charge in [-0.25, -0.2) is 0 Å². The van der Waals surface area contributed by atoms with Crippen LogP contribution in [0.3, 0.4) is 0 Å². The maximum atomic E-state index is 13.5. The average molecular weight is 487 g/mol. The molecule has 4 bridgehead atoms. The van der Waals surface area contributed by atoms with E-state index in [1.807, 2.05) is 65.2 Å². The Morgan fingerprint density at radius 2 is 1.49 bits per heavy atom. The van der Waals surface area contributed by atoms with Gasteiger partial charge in [0.25, 0.3) is 0 Å². The van der Waals surface area contributed by atoms with E-state index in [4.69, 9.17) is 0 Å². The molecule has 0 unspecified atom stereocenters. The summed E-state index contributed by atoms with van der Waals surface area (Å²) in [4.78, 5) is 26.1. The van der Waals surface area contributed by atoms with Gasteiger partial charge in [-0.15, -0.1) is 10.2 Å². The van der Waals surface area contributed by atoms with Crippen LogP contribution >= 0.6 is 11.8 Å². The van der Waals surface area contributed by atoms with Crippen molar-refractivity contribution in [1.82, 2.24) is 20.1 Å². The molecule has 7 heteroatoms. The second kappa shape index (κ2) is 9.26. The summed E-state index contributed by atoms with van der Waals surface area (Å²) in [5, 5.41) is 12.7. The van der Waals surface area contributed by atoms with Gasteiger partial charge in [0.05, 0.1) is 12.3 Å². The van der Waals surface area contributed by atoms with E-state index < -0.39 is 0 Å². The van der Waals surface area contributed by atoms with E-state index in [1.54, 1.807) is 0 Å². The summed E-state index contributed by atoms with van der Waals surface area (Å²) in [6.45, 7) is 0.329. The highest BCUT2D eigenvalue weighted by atomic mass is 32.2. The molecular weight excluding hydrogens is 456 g/mol. The first-order valence-electron chi connectivity index (χ1n) is 12.6. The van der Waals surface area contributed by atoms with Gasteiger partial charge < -0.3 is 5.32 Å². The van der Waals surface area contributed by atoms with Crippen LogP contribution in [-0.2, 0) is 11.3 Å². The highest BCUT2D eigenvalue weighted by Gasteiger charge is 2.54. The van der Waals surface area contributed by atoms with Crippen molar-refractivity contribution in [3.63, 3.8) is 0 Å². The van der Waals surface area contributed by atoms with Crippen molar-refractivity contribution < 1.29 is 9.59 Å². The molecule has 1 amide bonds. The van der Waals surface area contributed by atoms with E-state index in [2.05, 4.69) is 15.5 Å². The number of amides is 1. The zero-order chi connectivity index (χ0) is 23.8. The van der Waals surface area contributed by atoms with Gasteiger partial charge in [-0.05, 0) is 68.4 Å². The summed E-state index contributed by atoms with van der Waals surface area (Å²) in [6, 6.07) is 19.2. The lowest BCUT2D eigenvalue weighted by Gasteiger charge is -2.55. The van der Waals surface area contributed by atoms with Gasteiger partial charge in [0, 0.05) is 16.7 Å². The van der Waals surface area contributed by atoms with Crippen LogP contribution in [-0.4, -0.2) is 32.2 Å². The quantitative estimate of drug-likeness (QED) is 0.355. The third-order valence-electron chi connectivity index (χ3n) is 8.07. The molecule has 0 aliphatic heterocycles. The van der Waals surface area contributed by atoms with Gasteiger partial charge in [0.2, 0.25) is 5.91 Å². The fourth-order valence-corrected chi connectivity index (χ4v) is 7.78. The van der Waals surface area contributed by atoms with Gasteiger partial charge in [-0.2, -0.15) is 0 Å². The fraction of sp³-hybridized carbons (Fsp3) is 0.429. The maximum Gasteiger partial charge on any atom is 0.226 e. The first-order chi connectivity index (χ1) is 17.1. The Bertz CT molecular complexity index is 1190. The third kappa shape index (κ3) is 4.42. The van der Waals surface area contributed by atoms with Gasteiger partial charge in [0.15, 0.2) is 16.8 Å². The smallest absolute Gasteiger partial charge is 0.226 e. The van der Waals surface area contributed by atoms with Crippen LogP contribution in [0.2, 0.25) is 0 Å². The molecule has 3 aromatic rings. The lowest BCUT2D eigenvalue weighted by atomic mass is 9.49. The summed E-state index contributed by atoms with van der Waals surface area (Å²) in [6.07, 6.45) is 7.07. The molecule has 1 N–H and O–H groups in total. The van der Waals surface area contributed by atoms with Gasteiger partial charge in [-0.1, -0.05) is 60.3 Å². The zero-order valence-electron chi connectivity index (χ0n) is 19.7. The molecule has 0 saturated heterocycles. The van der Waals surface area contributed by atoms with E-state index in [0.717, 1.165) is 42.7 Å². The molecule has 0 spiro atoms. The number of benzene rings is 2. The summed E-state index contributed by atoms with van der Waals surface area (Å²) < 4.78 is 1.96. The molecule has 4 aliphatic carbocycles. The van der Waals surface area contributed by atoms with Gasteiger partial charge >= 0.3 is 0 Å². The predicted octanol–water partition coefficient (Wildman–Crippen LogP) is 5.07. The first-order valence-corrected chi connectivity index (χ1v) is 13.6. The molecule has 2 aromatic carbocycles. The van der Waals surface area contributed by atoms with Crippen LogP contribution in [0.1, 0.15) is 54.7 Å². The molecule has 1 heterocycles. The average Bonchev–Trinajstić information content (AvgIpc) is 3.28. The maximum absolute atomic E-state index is 13.5. The Balaban J connectivity index is 1.19. The number of ketones is 1. The van der Waals surface area contributed by atoms with E-state index in [1.165, 1.54) is 31.0 Å². The van der Waals surface area contributed by atoms with Crippen molar-refractivity contribution >= 4 is 23.5 Å². The molecule has 0 atom stereocenters. The standard InChI is InChI=1S/C28H30N4O2S/c33-24(22-7-3-1-4-8-22)18-35-27-31-30-25(32(27)23-9-5-2-6-10-23)17-29-26(34)28-14-19-11-20(15-28)13-21(12-19)16-28/h1-10,19-21H,11-18H2,(H,29,34). The number of thioether (sulfide) groups is 1. The number of para-hydroxylation sites is 1. The minimum absolute atomic E-state index is 0.0508. The lowest BCUT2D eigenvalue weighted by molar-refractivity contribution is -0.146. The molecule has 4 fully saturated rings. The van der Waals surface area contributed by atoms with Crippen molar-refractivity contribution in [3.05, 3.63) is 72.1 Å². The molecule has 180 valence electrons. The van der Waals surface area contributed by atoms with Crippen molar-refractivity contribution in [2.24, 2.45) is 23.2 Å². The molecule has 4 aliphatic rings. The van der Waals surface area contributed by atoms with Gasteiger partial charge in [-0.3, -0.25) is 14.2 Å². The summed E-state index contributed by atoms with van der Waals surface area (Å²) in [7, 11) is 0. The summed E-state index contributed by atoms with van der Waals surface area (Å²) in [5.74, 6) is 3.38. The zero-order valence-corrected chi connectivity index (χ0v) is 20.5. The molecule has 6 nitrogen and oxygen atoms in total. The summed E-state index contributed by atoms with van der Waals surface area (Å²) in [5.41, 5.74) is 1.42. The minimum Gasteiger partial charge on any atom is -0.348 e. The second-order valence-electron chi connectivity index (χ2n) is 10.5. The van der Waals surface area contributed by atoms with E-state index >= 15 is 0 Å². The molecular formula is C28H30N4O2S. The number of hydrogen-bond acceptors (Lipinski definition) is 5. The van der Waals surface area contributed by atoms with E-state index in [-0.39, 0.29) is 22.9 Å². The van der Waals surface area contributed by atoms with E-state index in [9.17, 15) is 9.59 Å². The fourth-order valence-electron chi connectivity index (χ4n) is 6.92. The lowest BCUT2D eigenvalue weighted by Crippen LogP contribution is -2.53. The Kier molecular flexibility index (Phi) is 5.96. The van der Waals surface area contributed by atoms with Crippen LogP contribution in [0.4, 0.5) is 0 Å². The topological polar surface area (TPSA) is 76.9 Å². The van der Waals surface area contributed by atoms with Crippen molar-refractivity contribution in [1.29, 1.82) is 0 Å². The number of aromatic nitrogens is 3. The number of rotatable bonds is 8. The molecule has 35 heavy (non-hydrogen) atoms. The SMILES string of the molecule is O=C(CSc1nnc(CNC(=O)C23CC4CC(CC(C4)C2)C3)n1-c1ccccc1)c1ccccc1. The van der Waals surface area contributed by atoms with Crippen molar-refractivity contribution in [2.75, 3.05) is 5.75 Å². The Hall–Kier alpha value is -2.93. The van der Waals surface area contributed by atoms with Crippen LogP contribution in [0.25, 0.3) is 5.69 Å². The number of nitrogens with one attached hydrogen (secondary N) is 1. The Morgan fingerprint density at radius 1 is 0.886 bits per heavy atom. The number of carbonyl (C=O) groups excluding carboxylic acids is 2. The number of carbonyl (C=O) groups is 2.